The molecule has 1 amide bonds. The Morgan fingerprint density at radius 3 is 2.48 bits per heavy atom. The molecule has 0 saturated carbocycles. The Morgan fingerprint density at radius 2 is 1.95 bits per heavy atom. The summed E-state index contributed by atoms with van der Waals surface area (Å²) in [6.07, 6.45) is 2.95. The molecule has 21 heavy (non-hydrogen) atoms. The molecule has 1 atom stereocenters. The molecule has 2 heterocycles. The third-order valence-electron chi connectivity index (χ3n) is 4.84. The summed E-state index contributed by atoms with van der Waals surface area (Å²) in [6, 6.07) is 0. The normalized spacial score (nSPS) is 27.4. The lowest BCUT2D eigenvalue weighted by atomic mass is 9.77. The van der Waals surface area contributed by atoms with E-state index in [0.717, 1.165) is 45.4 Å². The van der Waals surface area contributed by atoms with Gasteiger partial charge in [-0.15, -0.1) is 0 Å². The van der Waals surface area contributed by atoms with Crippen molar-refractivity contribution in [3.8, 4) is 0 Å². The summed E-state index contributed by atoms with van der Waals surface area (Å²) < 4.78 is 4.69. The predicted octanol–water partition coefficient (Wildman–Crippen LogP) is 0.0834. The highest BCUT2D eigenvalue weighted by atomic mass is 16.5. The fourth-order valence-corrected chi connectivity index (χ4v) is 3.29. The van der Waals surface area contributed by atoms with Crippen LogP contribution in [-0.2, 0) is 14.3 Å². The van der Waals surface area contributed by atoms with Crippen LogP contribution < -0.4 is 5.32 Å². The quantitative estimate of drug-likeness (QED) is 0.745. The molecule has 2 saturated heterocycles. The fraction of sp³-hybridized carbons (Fsp3) is 0.867. The summed E-state index contributed by atoms with van der Waals surface area (Å²) in [7, 11) is 1.41. The minimum atomic E-state index is -0.219. The van der Waals surface area contributed by atoms with Crippen LogP contribution in [0.25, 0.3) is 0 Å². The Balaban J connectivity index is 1.88. The van der Waals surface area contributed by atoms with E-state index in [4.69, 9.17) is 0 Å². The first kappa shape index (κ1) is 16.2. The molecule has 1 N–H and O–H groups in total. The molecule has 6 nitrogen and oxygen atoms in total. The van der Waals surface area contributed by atoms with Crippen LogP contribution in [0.4, 0.5) is 0 Å². The minimum absolute atomic E-state index is 0.212. The molecule has 0 aromatic carbocycles. The van der Waals surface area contributed by atoms with E-state index in [0.29, 0.717) is 19.6 Å². The van der Waals surface area contributed by atoms with Crippen molar-refractivity contribution < 1.29 is 14.3 Å². The van der Waals surface area contributed by atoms with Gasteiger partial charge in [-0.05, 0) is 25.8 Å². The Kier molecular flexibility index (Phi) is 5.58. The van der Waals surface area contributed by atoms with E-state index in [2.05, 4.69) is 17.0 Å². The highest BCUT2D eigenvalue weighted by molar-refractivity contribution is 5.83. The van der Waals surface area contributed by atoms with E-state index in [9.17, 15) is 9.59 Å². The summed E-state index contributed by atoms with van der Waals surface area (Å²) in [5.41, 5.74) is -0.219. The summed E-state index contributed by atoms with van der Waals surface area (Å²) >= 11 is 0. The molecular formula is C15H27N3O3. The number of carbonyl (C=O) groups is 2. The number of nitrogens with one attached hydrogen (secondary N) is 1. The number of amides is 1. The average Bonchev–Trinajstić information content (AvgIpc) is 2.55. The SMILES string of the molecule is CCC1(C(=O)N2CCN(CC(=O)OC)CC2)CCCNC1. The lowest BCUT2D eigenvalue weighted by molar-refractivity contribution is -0.146. The minimum Gasteiger partial charge on any atom is -0.468 e. The van der Waals surface area contributed by atoms with Crippen LogP contribution in [0, 0.1) is 5.41 Å². The maximum atomic E-state index is 12.9. The van der Waals surface area contributed by atoms with Gasteiger partial charge in [0.25, 0.3) is 0 Å². The van der Waals surface area contributed by atoms with E-state index >= 15 is 0 Å². The molecule has 0 spiro atoms. The molecule has 2 aliphatic rings. The zero-order valence-electron chi connectivity index (χ0n) is 13.2. The Morgan fingerprint density at radius 1 is 1.24 bits per heavy atom. The summed E-state index contributed by atoms with van der Waals surface area (Å²) in [6.45, 7) is 7.14. The van der Waals surface area contributed by atoms with Gasteiger partial charge in [0.1, 0.15) is 0 Å². The molecule has 1 unspecified atom stereocenters. The molecular weight excluding hydrogens is 270 g/mol. The zero-order chi connectivity index (χ0) is 15.3. The van der Waals surface area contributed by atoms with Crippen LogP contribution in [0.2, 0.25) is 0 Å². The maximum absolute atomic E-state index is 12.9. The fourth-order valence-electron chi connectivity index (χ4n) is 3.29. The van der Waals surface area contributed by atoms with Crippen LogP contribution in [0.5, 0.6) is 0 Å². The van der Waals surface area contributed by atoms with Crippen molar-refractivity contribution in [3.05, 3.63) is 0 Å². The van der Waals surface area contributed by atoms with Gasteiger partial charge in [0.2, 0.25) is 5.91 Å². The largest absolute Gasteiger partial charge is 0.468 e. The number of rotatable bonds is 4. The maximum Gasteiger partial charge on any atom is 0.319 e. The van der Waals surface area contributed by atoms with Gasteiger partial charge in [0, 0.05) is 32.7 Å². The number of hydrogen-bond acceptors (Lipinski definition) is 5. The van der Waals surface area contributed by atoms with Gasteiger partial charge in [0.05, 0.1) is 19.1 Å². The second-order valence-corrected chi connectivity index (χ2v) is 6.06. The summed E-state index contributed by atoms with van der Waals surface area (Å²) in [4.78, 5) is 28.2. The molecule has 0 aromatic rings. The van der Waals surface area contributed by atoms with E-state index in [1.165, 1.54) is 7.11 Å². The molecule has 2 aliphatic heterocycles. The van der Waals surface area contributed by atoms with Crippen molar-refractivity contribution in [2.45, 2.75) is 26.2 Å². The molecule has 2 rings (SSSR count). The molecule has 0 radical (unpaired) electrons. The van der Waals surface area contributed by atoms with Gasteiger partial charge in [-0.2, -0.15) is 0 Å². The third-order valence-corrected chi connectivity index (χ3v) is 4.84. The van der Waals surface area contributed by atoms with Gasteiger partial charge in [-0.25, -0.2) is 0 Å². The number of piperazine rings is 1. The molecule has 120 valence electrons. The van der Waals surface area contributed by atoms with Gasteiger partial charge in [0.15, 0.2) is 0 Å². The van der Waals surface area contributed by atoms with Crippen LogP contribution in [-0.4, -0.2) is 74.6 Å². The first-order chi connectivity index (χ1) is 10.1. The Labute approximate surface area is 126 Å². The second-order valence-electron chi connectivity index (χ2n) is 6.06. The first-order valence-electron chi connectivity index (χ1n) is 7.90. The Bertz CT molecular complexity index is 372. The van der Waals surface area contributed by atoms with Gasteiger partial charge < -0.3 is 15.0 Å². The second kappa shape index (κ2) is 7.22. The lowest BCUT2D eigenvalue weighted by Crippen LogP contribution is -2.57. The molecule has 6 heteroatoms. The van der Waals surface area contributed by atoms with Crippen molar-refractivity contribution in [3.63, 3.8) is 0 Å². The summed E-state index contributed by atoms with van der Waals surface area (Å²) in [5.74, 6) is 0.0752. The standard InChI is InChI=1S/C15H27N3O3/c1-3-15(5-4-6-16-12-15)14(20)18-9-7-17(8-10-18)11-13(19)21-2/h16H,3-12H2,1-2H3. The number of methoxy groups -OCH3 is 1. The van der Waals surface area contributed by atoms with Crippen LogP contribution in [0.3, 0.4) is 0 Å². The number of ether oxygens (including phenoxy) is 1. The van der Waals surface area contributed by atoms with Gasteiger partial charge in [-0.3, -0.25) is 14.5 Å². The van der Waals surface area contributed by atoms with Gasteiger partial charge in [-0.1, -0.05) is 6.92 Å². The third kappa shape index (κ3) is 3.74. The van der Waals surface area contributed by atoms with Crippen molar-refractivity contribution in [1.29, 1.82) is 0 Å². The number of esters is 1. The monoisotopic (exact) mass is 297 g/mol. The predicted molar refractivity (Wildman–Crippen MR) is 79.9 cm³/mol. The number of carbonyl (C=O) groups excluding carboxylic acids is 2. The molecule has 0 aliphatic carbocycles. The molecule has 0 bridgehead atoms. The highest BCUT2D eigenvalue weighted by Crippen LogP contribution is 2.32. The van der Waals surface area contributed by atoms with E-state index < -0.39 is 0 Å². The van der Waals surface area contributed by atoms with E-state index in [1.807, 2.05) is 9.80 Å². The molecule has 2 fully saturated rings. The van der Waals surface area contributed by atoms with Crippen molar-refractivity contribution in [2.24, 2.45) is 5.41 Å². The topological polar surface area (TPSA) is 61.9 Å². The van der Waals surface area contributed by atoms with E-state index in [1.54, 1.807) is 0 Å². The number of hydrogen-bond donors (Lipinski definition) is 1. The van der Waals surface area contributed by atoms with Crippen molar-refractivity contribution in [1.82, 2.24) is 15.1 Å². The van der Waals surface area contributed by atoms with Crippen LogP contribution >= 0.6 is 0 Å². The number of piperidine rings is 1. The summed E-state index contributed by atoms with van der Waals surface area (Å²) in [5, 5.41) is 3.37. The highest BCUT2D eigenvalue weighted by Gasteiger charge is 2.41. The lowest BCUT2D eigenvalue weighted by Gasteiger charge is -2.42. The smallest absolute Gasteiger partial charge is 0.319 e. The first-order valence-corrected chi connectivity index (χ1v) is 7.90. The van der Waals surface area contributed by atoms with Crippen molar-refractivity contribution in [2.75, 3.05) is 52.9 Å². The van der Waals surface area contributed by atoms with Crippen molar-refractivity contribution >= 4 is 11.9 Å². The van der Waals surface area contributed by atoms with Crippen LogP contribution in [0.1, 0.15) is 26.2 Å². The zero-order valence-corrected chi connectivity index (χ0v) is 13.2. The average molecular weight is 297 g/mol. The molecule has 0 aromatic heterocycles. The Hall–Kier alpha value is -1.14. The van der Waals surface area contributed by atoms with Crippen LogP contribution in [0.15, 0.2) is 0 Å². The number of nitrogens with zero attached hydrogens (tertiary/aromatic N) is 2. The van der Waals surface area contributed by atoms with E-state index in [-0.39, 0.29) is 17.3 Å². The van der Waals surface area contributed by atoms with Gasteiger partial charge >= 0.3 is 5.97 Å².